The standard InChI is InChI=1S/C22H22N4O3S/c27-26(28)20-4-1-3-17(14-20)13-18-6-7-19(22(18)25-8-10-29-11-9-25)15-23-24-16-21-5-2-12-30-21/h1-5,12-16H,6-11H2. The van der Waals surface area contributed by atoms with E-state index in [1.165, 1.54) is 11.6 Å². The summed E-state index contributed by atoms with van der Waals surface area (Å²) in [6.07, 6.45) is 7.37. The second-order valence-electron chi connectivity index (χ2n) is 7.00. The van der Waals surface area contributed by atoms with Gasteiger partial charge in [0.05, 0.1) is 30.6 Å². The molecule has 1 aromatic heterocycles. The highest BCUT2D eigenvalue weighted by molar-refractivity contribution is 7.11. The second-order valence-corrected chi connectivity index (χ2v) is 7.98. The van der Waals surface area contributed by atoms with Crippen molar-refractivity contribution >= 4 is 35.5 Å². The van der Waals surface area contributed by atoms with Crippen LogP contribution in [0.4, 0.5) is 5.69 Å². The number of hydrogen-bond acceptors (Lipinski definition) is 7. The first-order valence-electron chi connectivity index (χ1n) is 9.82. The van der Waals surface area contributed by atoms with E-state index in [1.54, 1.807) is 29.7 Å². The summed E-state index contributed by atoms with van der Waals surface area (Å²) >= 11 is 1.62. The fourth-order valence-electron chi connectivity index (χ4n) is 3.66. The van der Waals surface area contributed by atoms with Gasteiger partial charge in [-0.15, -0.1) is 11.3 Å². The largest absolute Gasteiger partial charge is 0.378 e. The van der Waals surface area contributed by atoms with Gasteiger partial charge in [0, 0.05) is 35.8 Å². The Labute approximate surface area is 178 Å². The molecule has 0 spiro atoms. The molecule has 1 aliphatic carbocycles. The van der Waals surface area contributed by atoms with Gasteiger partial charge < -0.3 is 9.64 Å². The van der Waals surface area contributed by atoms with Gasteiger partial charge >= 0.3 is 0 Å². The smallest absolute Gasteiger partial charge is 0.270 e. The van der Waals surface area contributed by atoms with E-state index in [4.69, 9.17) is 4.74 Å². The number of non-ortho nitro benzene ring substituents is 1. The first kappa shape index (κ1) is 20.2. The highest BCUT2D eigenvalue weighted by Crippen LogP contribution is 2.35. The Kier molecular flexibility index (Phi) is 6.46. The third-order valence-corrected chi connectivity index (χ3v) is 5.84. The van der Waals surface area contributed by atoms with Gasteiger partial charge in [-0.1, -0.05) is 18.2 Å². The van der Waals surface area contributed by atoms with Crippen molar-refractivity contribution in [2.24, 2.45) is 10.2 Å². The maximum atomic E-state index is 11.1. The molecule has 2 heterocycles. The molecule has 1 saturated heterocycles. The van der Waals surface area contributed by atoms with E-state index in [9.17, 15) is 10.1 Å². The summed E-state index contributed by atoms with van der Waals surface area (Å²) < 4.78 is 5.52. The first-order valence-corrected chi connectivity index (χ1v) is 10.7. The summed E-state index contributed by atoms with van der Waals surface area (Å²) in [6.45, 7) is 3.01. The van der Waals surface area contributed by atoms with Crippen molar-refractivity contribution in [3.63, 3.8) is 0 Å². The van der Waals surface area contributed by atoms with E-state index in [2.05, 4.69) is 15.1 Å². The van der Waals surface area contributed by atoms with Crippen LogP contribution in [-0.2, 0) is 4.74 Å². The number of benzene rings is 1. The summed E-state index contributed by atoms with van der Waals surface area (Å²) in [5.41, 5.74) is 4.39. The van der Waals surface area contributed by atoms with Crippen LogP contribution in [0, 0.1) is 10.1 Å². The Morgan fingerprint density at radius 2 is 1.93 bits per heavy atom. The molecular formula is C22H22N4O3S. The van der Waals surface area contributed by atoms with E-state index in [-0.39, 0.29) is 10.6 Å². The van der Waals surface area contributed by atoms with E-state index >= 15 is 0 Å². The topological polar surface area (TPSA) is 80.3 Å². The van der Waals surface area contributed by atoms with Gasteiger partial charge in [0.15, 0.2) is 0 Å². The van der Waals surface area contributed by atoms with Gasteiger partial charge in [-0.05, 0) is 47.1 Å². The zero-order valence-corrected chi connectivity index (χ0v) is 17.3. The molecule has 7 nitrogen and oxygen atoms in total. The minimum absolute atomic E-state index is 0.101. The number of rotatable bonds is 6. The minimum atomic E-state index is -0.362. The number of morpholine rings is 1. The lowest BCUT2D eigenvalue weighted by Gasteiger charge is -2.31. The fraction of sp³-hybridized carbons (Fsp3) is 0.273. The molecule has 154 valence electrons. The van der Waals surface area contributed by atoms with Crippen LogP contribution in [0.25, 0.3) is 6.08 Å². The molecule has 0 atom stereocenters. The molecule has 1 aromatic carbocycles. The molecule has 1 fully saturated rings. The summed E-state index contributed by atoms with van der Waals surface area (Å²) in [6, 6.07) is 10.7. The third kappa shape index (κ3) is 4.90. The van der Waals surface area contributed by atoms with Crippen LogP contribution in [-0.4, -0.2) is 48.6 Å². The van der Waals surface area contributed by atoms with Crippen LogP contribution < -0.4 is 0 Å². The maximum Gasteiger partial charge on any atom is 0.270 e. The zero-order chi connectivity index (χ0) is 20.8. The quantitative estimate of drug-likeness (QED) is 0.389. The van der Waals surface area contributed by atoms with Gasteiger partial charge in [0.2, 0.25) is 0 Å². The highest BCUT2D eigenvalue weighted by Gasteiger charge is 2.25. The van der Waals surface area contributed by atoms with Crippen molar-refractivity contribution in [3.05, 3.63) is 79.2 Å². The Morgan fingerprint density at radius 3 is 2.70 bits per heavy atom. The summed E-state index contributed by atoms with van der Waals surface area (Å²) in [5.74, 6) is 0. The van der Waals surface area contributed by atoms with Crippen molar-refractivity contribution in [3.8, 4) is 0 Å². The van der Waals surface area contributed by atoms with Crippen LogP contribution in [0.1, 0.15) is 23.3 Å². The number of nitro benzene ring substituents is 1. The molecule has 0 radical (unpaired) electrons. The number of ether oxygens (including phenoxy) is 1. The second kappa shape index (κ2) is 9.60. The van der Waals surface area contributed by atoms with Crippen LogP contribution in [0.5, 0.6) is 0 Å². The first-order chi connectivity index (χ1) is 14.7. The molecule has 0 N–H and O–H groups in total. The number of nitrogens with zero attached hydrogens (tertiary/aromatic N) is 4. The highest BCUT2D eigenvalue weighted by atomic mass is 32.1. The lowest BCUT2D eigenvalue weighted by molar-refractivity contribution is -0.384. The lowest BCUT2D eigenvalue weighted by Crippen LogP contribution is -2.36. The number of hydrogen-bond donors (Lipinski definition) is 0. The Bertz CT molecular complexity index is 1020. The van der Waals surface area contributed by atoms with Gasteiger partial charge in [0.25, 0.3) is 5.69 Å². The predicted octanol–water partition coefficient (Wildman–Crippen LogP) is 4.52. The summed E-state index contributed by atoms with van der Waals surface area (Å²) in [5, 5.41) is 21.6. The third-order valence-electron chi connectivity index (χ3n) is 5.03. The molecule has 1 aliphatic heterocycles. The van der Waals surface area contributed by atoms with Crippen molar-refractivity contribution in [1.82, 2.24) is 4.90 Å². The van der Waals surface area contributed by atoms with Gasteiger partial charge in [-0.25, -0.2) is 0 Å². The molecule has 8 heteroatoms. The van der Waals surface area contributed by atoms with Crippen molar-refractivity contribution in [1.29, 1.82) is 0 Å². The normalized spacial score (nSPS) is 18.9. The monoisotopic (exact) mass is 422 g/mol. The average Bonchev–Trinajstić information content (AvgIpc) is 3.42. The van der Waals surface area contributed by atoms with Gasteiger partial charge in [-0.3, -0.25) is 10.1 Å². The van der Waals surface area contributed by atoms with Crippen LogP contribution in [0.15, 0.2) is 68.8 Å². The number of nitro groups is 1. The molecular weight excluding hydrogens is 400 g/mol. The zero-order valence-electron chi connectivity index (χ0n) is 16.4. The maximum absolute atomic E-state index is 11.1. The number of thiophene rings is 1. The number of allylic oxidation sites excluding steroid dienone is 2. The predicted molar refractivity (Wildman–Crippen MR) is 120 cm³/mol. The van der Waals surface area contributed by atoms with Crippen molar-refractivity contribution in [2.45, 2.75) is 12.8 Å². The van der Waals surface area contributed by atoms with Gasteiger partial charge in [-0.2, -0.15) is 10.2 Å². The van der Waals surface area contributed by atoms with E-state index in [0.29, 0.717) is 13.2 Å². The van der Waals surface area contributed by atoms with Crippen molar-refractivity contribution < 1.29 is 9.66 Å². The van der Waals surface area contributed by atoms with Crippen molar-refractivity contribution in [2.75, 3.05) is 26.3 Å². The van der Waals surface area contributed by atoms with E-state index in [1.807, 2.05) is 35.9 Å². The molecule has 30 heavy (non-hydrogen) atoms. The lowest BCUT2D eigenvalue weighted by atomic mass is 10.1. The average molecular weight is 423 g/mol. The molecule has 0 saturated carbocycles. The molecule has 0 bridgehead atoms. The molecule has 0 amide bonds. The SMILES string of the molecule is O=[N+]([O-])c1cccc(C=C2CCC(C=NN=Cc3cccs3)=C2N2CCOCC2)c1. The Balaban J connectivity index is 1.62. The molecule has 2 aliphatic rings. The fourth-order valence-corrected chi connectivity index (χ4v) is 4.24. The molecule has 0 unspecified atom stereocenters. The molecule has 4 rings (SSSR count). The molecule has 2 aromatic rings. The van der Waals surface area contributed by atoms with Crippen LogP contribution in [0.3, 0.4) is 0 Å². The van der Waals surface area contributed by atoms with E-state index in [0.717, 1.165) is 47.6 Å². The minimum Gasteiger partial charge on any atom is -0.378 e. The van der Waals surface area contributed by atoms with Crippen LogP contribution in [0.2, 0.25) is 0 Å². The Morgan fingerprint density at radius 1 is 1.10 bits per heavy atom. The van der Waals surface area contributed by atoms with Crippen LogP contribution >= 0.6 is 11.3 Å². The van der Waals surface area contributed by atoms with E-state index < -0.39 is 0 Å². The van der Waals surface area contributed by atoms with Gasteiger partial charge in [0.1, 0.15) is 0 Å². The summed E-state index contributed by atoms with van der Waals surface area (Å²) in [4.78, 5) is 14.1. The Hall–Kier alpha value is -3.10. The summed E-state index contributed by atoms with van der Waals surface area (Å²) in [7, 11) is 0.